The molecule has 1 saturated heterocycles. The highest BCUT2D eigenvalue weighted by molar-refractivity contribution is 6.30. The number of carbonyl (C=O) groups is 2. The van der Waals surface area contributed by atoms with E-state index in [2.05, 4.69) is 5.32 Å². The number of carbonyl (C=O) groups excluding carboxylic acids is 2. The monoisotopic (exact) mass is 325 g/mol. The van der Waals surface area contributed by atoms with Gasteiger partial charge in [-0.05, 0) is 44.0 Å². The van der Waals surface area contributed by atoms with Crippen LogP contribution in [0.5, 0.6) is 0 Å². The predicted molar refractivity (Wildman–Crippen MR) is 85.0 cm³/mol. The summed E-state index contributed by atoms with van der Waals surface area (Å²) in [6, 6.07) is 7.02. The zero-order valence-electron chi connectivity index (χ0n) is 12.7. The summed E-state index contributed by atoms with van der Waals surface area (Å²) in [5.74, 6) is -0.285. The van der Waals surface area contributed by atoms with Gasteiger partial charge < -0.3 is 15.0 Å². The van der Waals surface area contributed by atoms with Crippen LogP contribution in [0.2, 0.25) is 5.02 Å². The van der Waals surface area contributed by atoms with Crippen molar-refractivity contribution in [1.82, 2.24) is 0 Å². The third kappa shape index (κ3) is 5.00. The van der Waals surface area contributed by atoms with Crippen LogP contribution in [0.1, 0.15) is 19.8 Å². The highest BCUT2D eigenvalue weighted by atomic mass is 35.5. The molecule has 22 heavy (non-hydrogen) atoms. The van der Waals surface area contributed by atoms with Crippen LogP contribution in [-0.2, 0) is 14.3 Å². The molecule has 1 aliphatic rings. The minimum atomic E-state index is -0.141. The number of likely N-dealkylation sites (tertiary alicyclic amines) is 1. The summed E-state index contributed by atoms with van der Waals surface area (Å²) in [5.41, 5.74) is 0.729. The Balaban J connectivity index is 1.83. The first kappa shape index (κ1) is 16.8. The Kier molecular flexibility index (Phi) is 6.21. The van der Waals surface area contributed by atoms with Crippen LogP contribution in [0.4, 0.5) is 5.69 Å². The lowest BCUT2D eigenvalue weighted by Crippen LogP contribution is -3.14. The summed E-state index contributed by atoms with van der Waals surface area (Å²) in [4.78, 5) is 25.0. The Morgan fingerprint density at radius 1 is 1.36 bits per heavy atom. The Bertz CT molecular complexity index is 519. The zero-order valence-corrected chi connectivity index (χ0v) is 13.5. The van der Waals surface area contributed by atoms with Gasteiger partial charge in [0.05, 0.1) is 19.7 Å². The van der Waals surface area contributed by atoms with Gasteiger partial charge in [0.25, 0.3) is 5.91 Å². The first-order valence-corrected chi connectivity index (χ1v) is 8.02. The molecular formula is C16H22ClN2O3+. The molecule has 1 aliphatic heterocycles. The molecule has 0 spiro atoms. The van der Waals surface area contributed by atoms with Crippen LogP contribution in [0.15, 0.2) is 24.3 Å². The van der Waals surface area contributed by atoms with Gasteiger partial charge in [-0.15, -0.1) is 0 Å². The van der Waals surface area contributed by atoms with Gasteiger partial charge in [0, 0.05) is 10.7 Å². The Morgan fingerprint density at radius 3 is 2.77 bits per heavy atom. The highest BCUT2D eigenvalue weighted by Crippen LogP contribution is 2.13. The fourth-order valence-corrected chi connectivity index (χ4v) is 2.86. The molecule has 0 saturated carbocycles. The van der Waals surface area contributed by atoms with Gasteiger partial charge in [-0.1, -0.05) is 11.6 Å². The van der Waals surface area contributed by atoms with Crippen molar-refractivity contribution in [2.24, 2.45) is 5.92 Å². The lowest BCUT2D eigenvalue weighted by molar-refractivity contribution is -0.899. The third-order valence-corrected chi connectivity index (χ3v) is 4.03. The maximum absolute atomic E-state index is 12.1. The fraction of sp³-hybridized carbons (Fsp3) is 0.500. The predicted octanol–water partition coefficient (Wildman–Crippen LogP) is 1.14. The maximum atomic E-state index is 12.1. The minimum Gasteiger partial charge on any atom is -0.466 e. The second-order valence-corrected chi connectivity index (χ2v) is 5.96. The molecule has 1 aromatic carbocycles. The minimum absolute atomic E-state index is 0.0539. The van der Waals surface area contributed by atoms with E-state index in [4.69, 9.17) is 16.3 Å². The second-order valence-electron chi connectivity index (χ2n) is 5.53. The van der Waals surface area contributed by atoms with Crippen molar-refractivity contribution in [3.05, 3.63) is 29.3 Å². The van der Waals surface area contributed by atoms with Gasteiger partial charge >= 0.3 is 5.97 Å². The normalized spacial score (nSPS) is 21.2. The summed E-state index contributed by atoms with van der Waals surface area (Å²) in [7, 11) is 0. The molecule has 2 N–H and O–H groups in total. The summed E-state index contributed by atoms with van der Waals surface area (Å²) in [5, 5.41) is 3.49. The largest absolute Gasteiger partial charge is 0.466 e. The maximum Gasteiger partial charge on any atom is 0.314 e. The van der Waals surface area contributed by atoms with Crippen molar-refractivity contribution in [3.63, 3.8) is 0 Å². The van der Waals surface area contributed by atoms with Gasteiger partial charge in [0.2, 0.25) is 0 Å². The highest BCUT2D eigenvalue weighted by Gasteiger charge is 2.30. The van der Waals surface area contributed by atoms with Gasteiger partial charge in [-0.2, -0.15) is 0 Å². The quantitative estimate of drug-likeness (QED) is 0.798. The van der Waals surface area contributed by atoms with E-state index in [0.717, 1.165) is 30.0 Å². The number of amides is 1. The van der Waals surface area contributed by atoms with E-state index in [1.54, 1.807) is 24.3 Å². The number of piperidine rings is 1. The number of nitrogens with one attached hydrogen (secondary N) is 2. The molecule has 1 heterocycles. The van der Waals surface area contributed by atoms with Crippen LogP contribution < -0.4 is 10.2 Å². The number of quaternary nitrogens is 1. The Hall–Kier alpha value is -1.59. The smallest absolute Gasteiger partial charge is 0.314 e. The standard InChI is InChI=1S/C16H21ClN2O3/c1-2-22-16(21)12-4-3-9-19(10-12)11-15(20)18-14-7-5-13(17)6-8-14/h5-8,12H,2-4,9-11H2,1H3,(H,18,20)/p+1/t12-/m1/s1. The van der Waals surface area contributed by atoms with Crippen LogP contribution >= 0.6 is 11.6 Å². The molecule has 0 bridgehead atoms. The molecule has 1 fully saturated rings. The van der Waals surface area contributed by atoms with Gasteiger partial charge in [0.15, 0.2) is 6.54 Å². The van der Waals surface area contributed by atoms with Crippen LogP contribution in [0.3, 0.4) is 0 Å². The van der Waals surface area contributed by atoms with E-state index in [1.165, 1.54) is 0 Å². The van der Waals surface area contributed by atoms with E-state index in [0.29, 0.717) is 24.7 Å². The van der Waals surface area contributed by atoms with Crippen LogP contribution in [-0.4, -0.2) is 38.1 Å². The van der Waals surface area contributed by atoms with Crippen LogP contribution in [0, 0.1) is 5.92 Å². The SMILES string of the molecule is CCOC(=O)[C@@H]1CCC[NH+](CC(=O)Nc2ccc(Cl)cc2)C1. The van der Waals surface area contributed by atoms with Crippen molar-refractivity contribution in [3.8, 4) is 0 Å². The van der Waals surface area contributed by atoms with Crippen molar-refractivity contribution < 1.29 is 19.2 Å². The molecule has 1 aromatic rings. The summed E-state index contributed by atoms with van der Waals surface area (Å²) >= 11 is 5.81. The summed E-state index contributed by atoms with van der Waals surface area (Å²) in [6.45, 7) is 4.14. The van der Waals surface area contributed by atoms with Gasteiger partial charge in [-0.3, -0.25) is 9.59 Å². The molecule has 5 nitrogen and oxygen atoms in total. The summed E-state index contributed by atoms with van der Waals surface area (Å²) < 4.78 is 5.08. The molecule has 1 amide bonds. The van der Waals surface area contributed by atoms with E-state index in [1.807, 2.05) is 6.92 Å². The van der Waals surface area contributed by atoms with E-state index in [-0.39, 0.29) is 17.8 Å². The number of hydrogen-bond donors (Lipinski definition) is 2. The van der Waals surface area contributed by atoms with Crippen molar-refractivity contribution >= 4 is 29.2 Å². The molecular weight excluding hydrogens is 304 g/mol. The first-order valence-electron chi connectivity index (χ1n) is 7.64. The number of benzene rings is 1. The topological polar surface area (TPSA) is 59.8 Å². The lowest BCUT2D eigenvalue weighted by Gasteiger charge is -2.28. The average Bonchev–Trinajstić information content (AvgIpc) is 2.50. The molecule has 6 heteroatoms. The molecule has 0 aliphatic carbocycles. The number of hydrogen-bond acceptors (Lipinski definition) is 3. The van der Waals surface area contributed by atoms with E-state index < -0.39 is 0 Å². The Labute approximate surface area is 135 Å². The van der Waals surface area contributed by atoms with E-state index in [9.17, 15) is 9.59 Å². The van der Waals surface area contributed by atoms with Gasteiger partial charge in [0.1, 0.15) is 5.92 Å². The summed E-state index contributed by atoms with van der Waals surface area (Å²) in [6.07, 6.45) is 1.79. The number of esters is 1. The third-order valence-electron chi connectivity index (χ3n) is 3.78. The second kappa shape index (κ2) is 8.15. The molecule has 0 radical (unpaired) electrons. The first-order chi connectivity index (χ1) is 10.6. The number of anilines is 1. The molecule has 2 rings (SSSR count). The lowest BCUT2D eigenvalue weighted by atomic mass is 9.98. The van der Waals surface area contributed by atoms with Crippen molar-refractivity contribution in [2.75, 3.05) is 31.6 Å². The fourth-order valence-electron chi connectivity index (χ4n) is 2.74. The molecule has 0 aromatic heterocycles. The Morgan fingerprint density at radius 2 is 2.09 bits per heavy atom. The molecule has 120 valence electrons. The number of ether oxygens (including phenoxy) is 1. The molecule has 2 atom stereocenters. The average molecular weight is 326 g/mol. The van der Waals surface area contributed by atoms with Crippen molar-refractivity contribution in [1.29, 1.82) is 0 Å². The van der Waals surface area contributed by atoms with E-state index >= 15 is 0 Å². The molecule has 1 unspecified atom stereocenters. The van der Waals surface area contributed by atoms with Crippen molar-refractivity contribution in [2.45, 2.75) is 19.8 Å². The van der Waals surface area contributed by atoms with Crippen LogP contribution in [0.25, 0.3) is 0 Å². The number of rotatable bonds is 5. The van der Waals surface area contributed by atoms with Gasteiger partial charge in [-0.25, -0.2) is 0 Å². The zero-order chi connectivity index (χ0) is 15.9. The number of halogens is 1.